The summed E-state index contributed by atoms with van der Waals surface area (Å²) in [5.74, 6) is 7.01. The van der Waals surface area contributed by atoms with Crippen LogP contribution < -0.4 is 5.84 Å². The summed E-state index contributed by atoms with van der Waals surface area (Å²) in [7, 11) is 0. The van der Waals surface area contributed by atoms with E-state index in [2.05, 4.69) is 15.7 Å². The van der Waals surface area contributed by atoms with Crippen LogP contribution in [0.15, 0.2) is 34.7 Å². The highest BCUT2D eigenvalue weighted by molar-refractivity contribution is 5.63. The summed E-state index contributed by atoms with van der Waals surface area (Å²) in [5.41, 5.74) is 0.599. The van der Waals surface area contributed by atoms with Crippen molar-refractivity contribution in [1.29, 1.82) is 0 Å². The van der Waals surface area contributed by atoms with Gasteiger partial charge < -0.3 is 10.6 Å². The molecule has 0 unspecified atom stereocenters. The molecule has 0 spiro atoms. The lowest BCUT2D eigenvalue weighted by Gasteiger charge is -2.11. The fourth-order valence-corrected chi connectivity index (χ4v) is 0.904. The first-order chi connectivity index (χ1) is 6.51. The largest absolute Gasteiger partial charge is 0.573 e. The number of halogens is 3. The van der Waals surface area contributed by atoms with Crippen molar-refractivity contribution in [3.8, 4) is 0 Å². The summed E-state index contributed by atoms with van der Waals surface area (Å²) in [6.45, 7) is 0. The second-order valence-electron chi connectivity index (χ2n) is 2.46. The third kappa shape index (κ3) is 3.37. The monoisotopic (exact) mass is 204 g/mol. The quantitative estimate of drug-likeness (QED) is 0.402. The summed E-state index contributed by atoms with van der Waals surface area (Å²) < 4.78 is 38.9. The smallest absolute Gasteiger partial charge is 0.406 e. The van der Waals surface area contributed by atoms with E-state index in [1.165, 1.54) is 18.2 Å². The number of hydrogen-bond acceptors (Lipinski definition) is 3. The molecule has 0 aromatic rings. The van der Waals surface area contributed by atoms with E-state index in [1.807, 2.05) is 0 Å². The molecule has 2 N–H and O–H groups in total. The molecular weight excluding hydrogens is 197 g/mol. The van der Waals surface area contributed by atoms with Gasteiger partial charge in [-0.1, -0.05) is 0 Å². The third-order valence-corrected chi connectivity index (χ3v) is 1.41. The second kappa shape index (κ2) is 4.02. The van der Waals surface area contributed by atoms with Crippen molar-refractivity contribution < 1.29 is 17.9 Å². The maximum absolute atomic E-state index is 11.7. The normalized spacial score (nSPS) is 15.9. The lowest BCUT2D eigenvalue weighted by Crippen LogP contribution is -2.12. The molecule has 0 fully saturated rings. The maximum Gasteiger partial charge on any atom is 0.573 e. The van der Waals surface area contributed by atoms with E-state index in [-0.39, 0.29) is 12.2 Å². The minimum absolute atomic E-state index is 0.236. The van der Waals surface area contributed by atoms with Crippen LogP contribution in [-0.2, 0) is 4.74 Å². The van der Waals surface area contributed by atoms with E-state index in [0.29, 0.717) is 5.57 Å². The molecule has 1 aliphatic carbocycles. The Hall–Kier alpha value is -1.68. The lowest BCUT2D eigenvalue weighted by atomic mass is 10.1. The van der Waals surface area contributed by atoms with Gasteiger partial charge in [0.05, 0.1) is 0 Å². The molecule has 0 amide bonds. The number of nitrogens with two attached hydrogens (primary N) is 1. The average Bonchev–Trinajstić information content (AvgIpc) is 2.06. The van der Waals surface area contributed by atoms with E-state index in [1.54, 1.807) is 0 Å². The number of alkyl halides is 3. The summed E-state index contributed by atoms with van der Waals surface area (Å²) in [6, 6.07) is 0. The standard InChI is InChI=1S/C8H7F3N2O/c9-8(10,11)14-7-3-1-6(2-4-7)5-13-12/h1,3-4H,2,12H2. The van der Waals surface area contributed by atoms with Crippen LogP contribution in [0.2, 0.25) is 0 Å². The Bertz CT molecular complexity index is 335. The van der Waals surface area contributed by atoms with Crippen LogP contribution in [0.5, 0.6) is 0 Å². The van der Waals surface area contributed by atoms with Crippen molar-refractivity contribution >= 4 is 5.87 Å². The van der Waals surface area contributed by atoms with Crippen LogP contribution in [-0.4, -0.2) is 12.2 Å². The Morgan fingerprint density at radius 1 is 1.43 bits per heavy atom. The predicted octanol–water partition coefficient (Wildman–Crippen LogP) is 1.84. The SMILES string of the molecule is NN=C=C1C=CC(OC(F)(F)F)=CC1. The Morgan fingerprint density at radius 2 is 2.14 bits per heavy atom. The van der Waals surface area contributed by atoms with Crippen molar-refractivity contribution in [2.75, 3.05) is 0 Å². The zero-order valence-electron chi connectivity index (χ0n) is 7.01. The number of hydrazone groups is 1. The second-order valence-corrected chi connectivity index (χ2v) is 2.46. The van der Waals surface area contributed by atoms with E-state index < -0.39 is 6.36 Å². The van der Waals surface area contributed by atoms with Crippen molar-refractivity contribution in [2.24, 2.45) is 10.9 Å². The van der Waals surface area contributed by atoms with Gasteiger partial charge in [-0.05, 0) is 18.2 Å². The minimum Gasteiger partial charge on any atom is -0.406 e. The van der Waals surface area contributed by atoms with Gasteiger partial charge in [0.15, 0.2) is 0 Å². The topological polar surface area (TPSA) is 47.6 Å². The molecule has 0 atom stereocenters. The molecule has 0 aliphatic heterocycles. The molecule has 0 aromatic heterocycles. The van der Waals surface area contributed by atoms with Crippen LogP contribution in [0.1, 0.15) is 6.42 Å². The lowest BCUT2D eigenvalue weighted by molar-refractivity contribution is -0.303. The van der Waals surface area contributed by atoms with E-state index in [9.17, 15) is 13.2 Å². The summed E-state index contributed by atoms with van der Waals surface area (Å²) >= 11 is 0. The van der Waals surface area contributed by atoms with E-state index in [0.717, 1.165) is 0 Å². The molecule has 1 rings (SSSR count). The summed E-state index contributed by atoms with van der Waals surface area (Å²) in [4.78, 5) is 0. The Labute approximate surface area is 78.0 Å². The van der Waals surface area contributed by atoms with Gasteiger partial charge in [0.2, 0.25) is 0 Å². The first-order valence-corrected chi connectivity index (χ1v) is 3.67. The van der Waals surface area contributed by atoms with Crippen LogP contribution in [0.4, 0.5) is 13.2 Å². The third-order valence-electron chi connectivity index (χ3n) is 1.41. The molecule has 0 heterocycles. The van der Waals surface area contributed by atoms with Crippen molar-refractivity contribution in [2.45, 2.75) is 12.8 Å². The van der Waals surface area contributed by atoms with Crippen molar-refractivity contribution in [1.82, 2.24) is 0 Å². The van der Waals surface area contributed by atoms with Gasteiger partial charge in [0, 0.05) is 17.9 Å². The molecule has 0 saturated carbocycles. The van der Waals surface area contributed by atoms with Gasteiger partial charge in [-0.2, -0.15) is 0 Å². The maximum atomic E-state index is 11.7. The van der Waals surface area contributed by atoms with Crippen molar-refractivity contribution in [3.05, 3.63) is 29.6 Å². The molecule has 3 nitrogen and oxygen atoms in total. The molecule has 6 heteroatoms. The van der Waals surface area contributed by atoms with Gasteiger partial charge in [-0.25, -0.2) is 0 Å². The Morgan fingerprint density at radius 3 is 2.57 bits per heavy atom. The first kappa shape index (κ1) is 10.4. The van der Waals surface area contributed by atoms with Crippen LogP contribution >= 0.6 is 0 Å². The van der Waals surface area contributed by atoms with Crippen LogP contribution in [0.25, 0.3) is 0 Å². The molecular formula is C8H7F3N2O. The Kier molecular flexibility index (Phi) is 2.99. The highest BCUT2D eigenvalue weighted by Gasteiger charge is 2.31. The van der Waals surface area contributed by atoms with Crippen LogP contribution in [0, 0.1) is 0 Å². The molecule has 0 radical (unpaired) electrons. The van der Waals surface area contributed by atoms with Gasteiger partial charge >= 0.3 is 6.36 Å². The van der Waals surface area contributed by atoms with Crippen molar-refractivity contribution in [3.63, 3.8) is 0 Å². The van der Waals surface area contributed by atoms with Gasteiger partial charge in [0.25, 0.3) is 0 Å². The highest BCUT2D eigenvalue weighted by Crippen LogP contribution is 2.24. The van der Waals surface area contributed by atoms with Gasteiger partial charge in [-0.15, -0.1) is 18.3 Å². The number of rotatable bonds is 1. The van der Waals surface area contributed by atoms with Crippen LogP contribution in [0.3, 0.4) is 0 Å². The first-order valence-electron chi connectivity index (χ1n) is 3.67. The number of ether oxygens (including phenoxy) is 1. The fraction of sp³-hybridized carbons (Fsp3) is 0.250. The van der Waals surface area contributed by atoms with E-state index in [4.69, 9.17) is 5.84 Å². The molecule has 0 saturated heterocycles. The zero-order valence-corrected chi connectivity index (χ0v) is 7.01. The van der Waals surface area contributed by atoms with E-state index >= 15 is 0 Å². The molecule has 14 heavy (non-hydrogen) atoms. The molecule has 0 bridgehead atoms. The molecule has 76 valence electrons. The Balaban J connectivity index is 2.65. The molecule has 1 aliphatic rings. The highest BCUT2D eigenvalue weighted by atomic mass is 19.4. The summed E-state index contributed by atoms with van der Waals surface area (Å²) in [5, 5.41) is 3.13. The van der Waals surface area contributed by atoms with Gasteiger partial charge in [0.1, 0.15) is 5.76 Å². The van der Waals surface area contributed by atoms with Gasteiger partial charge in [-0.3, -0.25) is 0 Å². The fourth-order valence-electron chi connectivity index (χ4n) is 0.904. The predicted molar refractivity (Wildman–Crippen MR) is 44.1 cm³/mol. The molecule has 0 aromatic carbocycles. The number of nitrogens with zero attached hydrogens (tertiary/aromatic N) is 1. The average molecular weight is 204 g/mol. The number of hydrogen-bond donors (Lipinski definition) is 1. The summed E-state index contributed by atoms with van der Waals surface area (Å²) in [6.07, 6.45) is -0.509. The zero-order chi connectivity index (χ0) is 10.6. The number of allylic oxidation sites excluding steroid dienone is 4. The minimum atomic E-state index is -4.65.